The molecule has 0 radical (unpaired) electrons. The monoisotopic (exact) mass is 1450 g/mol. The molecule has 6 heterocycles. The van der Waals surface area contributed by atoms with Crippen molar-refractivity contribution >= 4 is 105 Å². The van der Waals surface area contributed by atoms with Crippen LogP contribution in [0, 0.1) is 11.3 Å². The van der Waals surface area contributed by atoms with Gasteiger partial charge >= 0.3 is 0 Å². The van der Waals surface area contributed by atoms with Gasteiger partial charge < -0.3 is 0 Å². The van der Waals surface area contributed by atoms with Gasteiger partial charge in [-0.15, -0.1) is 0 Å². The zero-order valence-corrected chi connectivity index (χ0v) is 59.2. The van der Waals surface area contributed by atoms with E-state index in [1.54, 1.807) is 84.9 Å². The Bertz CT molecular complexity index is 5340. The molecule has 0 bridgehead atoms. The van der Waals surface area contributed by atoms with Crippen LogP contribution in [0.5, 0.6) is 0 Å². The summed E-state index contributed by atoms with van der Waals surface area (Å²) in [5, 5.41) is 9.24. The van der Waals surface area contributed by atoms with E-state index in [2.05, 4.69) is 56.3 Å². The van der Waals surface area contributed by atoms with Gasteiger partial charge in [-0.05, 0) is 167 Å². The number of amides is 12. The molecule has 0 unspecified atom stereocenters. The van der Waals surface area contributed by atoms with Crippen LogP contribution >= 0.6 is 0 Å². The molecule has 0 saturated carbocycles. The third-order valence-electron chi connectivity index (χ3n) is 20.6. The highest BCUT2D eigenvalue weighted by Gasteiger charge is 2.38. The summed E-state index contributed by atoms with van der Waals surface area (Å²) in [5.41, 5.74) is 12.3. The van der Waals surface area contributed by atoms with Crippen LogP contribution < -0.4 is 29.4 Å². The van der Waals surface area contributed by atoms with Crippen LogP contribution in [0.25, 0.3) is 11.1 Å². The maximum absolute atomic E-state index is 12.2. The first-order valence-electron chi connectivity index (χ1n) is 34.8. The third-order valence-corrected chi connectivity index (χ3v) is 20.6. The van der Waals surface area contributed by atoms with Gasteiger partial charge in [0.1, 0.15) is 0 Å². The SMILES string of the molecule is CC(c1ccc(-c2ccccc2)cc1)(c1ccc(N2C(=O)C=CC2=O)cc1)c1ccc(N2C(=O)C=CC2=O)cc1.CC(c1ccc(C#N)cc1)(c1ccc(N2C(=O)C=CC2=O)cc1)c1ccc(N2C(=O)C=CC2=O)cc1.CC(c1ccccc1)(c1ccc(N2C(=O)C=CC2=O)cc1)c1ccc(N2C(=O)C=CC2=O)cc1. The number of nitrogens with zero attached hydrogens (tertiary/aromatic N) is 7. The first-order valence-corrected chi connectivity index (χ1v) is 34.8. The number of carbonyl (C=O) groups excluding carboxylic acids is 12. The number of hydrogen-bond donors (Lipinski definition) is 0. The molecule has 10 aromatic carbocycles. The van der Waals surface area contributed by atoms with Crippen molar-refractivity contribution in [2.45, 2.75) is 37.0 Å². The van der Waals surface area contributed by atoms with E-state index in [1.165, 1.54) is 72.9 Å². The van der Waals surface area contributed by atoms with Crippen LogP contribution in [0.1, 0.15) is 76.4 Å². The maximum Gasteiger partial charge on any atom is 0.258 e. The maximum atomic E-state index is 12.2. The van der Waals surface area contributed by atoms with Crippen molar-refractivity contribution in [1.29, 1.82) is 5.26 Å². The number of nitriles is 1. The summed E-state index contributed by atoms with van der Waals surface area (Å²) in [4.78, 5) is 152. The van der Waals surface area contributed by atoms with Gasteiger partial charge in [0, 0.05) is 89.2 Å². The molecule has 534 valence electrons. The van der Waals surface area contributed by atoms with Gasteiger partial charge in [-0.1, -0.05) is 170 Å². The molecule has 0 fully saturated rings. The Kier molecular flexibility index (Phi) is 19.3. The summed E-state index contributed by atoms with van der Waals surface area (Å²) in [6.45, 7) is 6.23. The lowest BCUT2D eigenvalue weighted by Crippen LogP contribution is -2.30. The number of carbonyl (C=O) groups is 12. The molecule has 12 amide bonds. The van der Waals surface area contributed by atoms with Crippen molar-refractivity contribution in [2.24, 2.45) is 0 Å². The van der Waals surface area contributed by atoms with E-state index >= 15 is 0 Å². The summed E-state index contributed by atoms with van der Waals surface area (Å²) in [5.74, 6) is -4.48. The fourth-order valence-electron chi connectivity index (χ4n) is 14.4. The predicted molar refractivity (Wildman–Crippen MR) is 415 cm³/mol. The molecule has 6 aliphatic rings. The molecule has 10 aromatic rings. The van der Waals surface area contributed by atoms with E-state index < -0.39 is 39.9 Å². The number of imide groups is 6. The predicted octanol–water partition coefficient (Wildman–Crippen LogP) is 13.2. The van der Waals surface area contributed by atoms with Crippen molar-refractivity contribution in [3.63, 3.8) is 0 Å². The van der Waals surface area contributed by atoms with Crippen molar-refractivity contribution < 1.29 is 57.5 Å². The number of anilines is 6. The van der Waals surface area contributed by atoms with Gasteiger partial charge in [0.25, 0.3) is 70.9 Å². The van der Waals surface area contributed by atoms with Gasteiger partial charge in [-0.25, -0.2) is 29.4 Å². The molecule has 16 rings (SSSR count). The van der Waals surface area contributed by atoms with E-state index in [0.29, 0.717) is 39.7 Å². The number of benzene rings is 10. The van der Waals surface area contributed by atoms with E-state index in [4.69, 9.17) is 0 Å². The van der Waals surface area contributed by atoms with Crippen molar-refractivity contribution in [2.75, 3.05) is 29.4 Å². The Morgan fingerprint density at radius 3 is 0.545 bits per heavy atom. The first kappa shape index (κ1) is 71.9. The largest absolute Gasteiger partial charge is 0.269 e. The average molecular weight is 1450 g/mol. The minimum Gasteiger partial charge on any atom is -0.269 e. The molecule has 6 aliphatic heterocycles. The molecular weight excluding hydrogens is 1380 g/mol. The lowest BCUT2D eigenvalue weighted by molar-refractivity contribution is -0.121. The molecule has 0 atom stereocenters. The molecule has 0 aliphatic carbocycles. The average Bonchev–Trinajstić information content (AvgIpc) is 0.806. The minimum absolute atomic E-state index is 0.361. The third kappa shape index (κ3) is 13.3. The molecule has 19 nitrogen and oxygen atoms in total. The summed E-state index contributed by atoms with van der Waals surface area (Å²) in [7, 11) is 0. The summed E-state index contributed by atoms with van der Waals surface area (Å²) >= 11 is 0. The molecule has 110 heavy (non-hydrogen) atoms. The van der Waals surface area contributed by atoms with E-state index in [9.17, 15) is 62.8 Å². The highest BCUT2D eigenvalue weighted by atomic mass is 16.2. The Morgan fingerprint density at radius 1 is 0.200 bits per heavy atom. The molecule has 19 heteroatoms. The molecule has 0 N–H and O–H groups in total. The van der Waals surface area contributed by atoms with Gasteiger partial charge in [0.15, 0.2) is 0 Å². The van der Waals surface area contributed by atoms with E-state index in [-0.39, 0.29) is 47.3 Å². The Labute approximate surface area is 631 Å². The highest BCUT2D eigenvalue weighted by molar-refractivity contribution is 6.31. The van der Waals surface area contributed by atoms with Crippen molar-refractivity contribution in [3.8, 4) is 17.2 Å². The standard InChI is InChI=1S/C34H24N2O4.C29H19N3O4.C28H20N2O4/c1-34(25-9-7-24(8-10-25)23-5-3-2-4-6-23,26-11-15-28(16-12-26)35-30(37)19-20-31(35)38)27-13-17-29(18-14-27)36-32(39)21-22-33(36)40;1-29(20-4-2-19(18-30)3-5-20,21-6-10-23(11-7-21)31-25(33)14-15-26(31)34)22-8-12-24(13-9-22)32-27(35)16-17-28(32)36;1-28(19-5-3-2-4-6-19,20-7-11-22(12-8-20)29-24(31)15-16-25(29)32)21-9-13-23(14-10-21)30-26(33)17-18-27(30)34/h2-22H,1H3;2-17H,1H3;2-18H,1H3. The summed E-state index contributed by atoms with van der Waals surface area (Å²) in [6.07, 6.45) is 15.1. The second kappa shape index (κ2) is 29.5. The van der Waals surface area contributed by atoms with Crippen LogP contribution in [-0.2, 0) is 73.8 Å². The second-order valence-electron chi connectivity index (χ2n) is 26.7. The van der Waals surface area contributed by atoms with Gasteiger partial charge in [0.05, 0.1) is 45.8 Å². The van der Waals surface area contributed by atoms with Crippen LogP contribution in [0.15, 0.2) is 328 Å². The summed E-state index contributed by atoms with van der Waals surface area (Å²) < 4.78 is 0. The lowest BCUT2D eigenvalue weighted by atomic mass is 9.71. The highest BCUT2D eigenvalue weighted by Crippen LogP contribution is 2.45. The number of hydrogen-bond acceptors (Lipinski definition) is 13. The second-order valence-corrected chi connectivity index (χ2v) is 26.7. The number of rotatable bonds is 16. The quantitative estimate of drug-likeness (QED) is 0.0646. The van der Waals surface area contributed by atoms with Crippen LogP contribution in [0.3, 0.4) is 0 Å². The molecule has 0 saturated heterocycles. The fourth-order valence-corrected chi connectivity index (χ4v) is 14.4. The minimum atomic E-state index is -0.695. The van der Waals surface area contributed by atoms with Crippen LogP contribution in [-0.4, -0.2) is 70.9 Å². The lowest BCUT2D eigenvalue weighted by Gasteiger charge is -2.33. The van der Waals surface area contributed by atoms with Crippen molar-refractivity contribution in [3.05, 3.63) is 383 Å². The molecule has 0 aromatic heterocycles. The normalized spacial score (nSPS) is 15.3. The Hall–Kier alpha value is -15.0. The van der Waals surface area contributed by atoms with Gasteiger partial charge in [-0.3, -0.25) is 57.5 Å². The first-order chi connectivity index (χ1) is 53.1. The van der Waals surface area contributed by atoms with E-state index in [1.807, 2.05) is 140 Å². The molecule has 0 spiro atoms. The smallest absolute Gasteiger partial charge is 0.258 e. The van der Waals surface area contributed by atoms with Crippen molar-refractivity contribution in [1.82, 2.24) is 0 Å². The van der Waals surface area contributed by atoms with Gasteiger partial charge in [-0.2, -0.15) is 5.26 Å². The topological polar surface area (TPSA) is 248 Å². The fraction of sp³-hybridized carbons (Fsp3) is 0.0659. The molecular formula is C91H63N7O12. The summed E-state index contributed by atoms with van der Waals surface area (Å²) in [6, 6.07) is 81.7. The zero-order chi connectivity index (χ0) is 77.2. The van der Waals surface area contributed by atoms with Gasteiger partial charge in [0.2, 0.25) is 0 Å². The Balaban J connectivity index is 0.000000138. The Morgan fingerprint density at radius 2 is 0.355 bits per heavy atom. The van der Waals surface area contributed by atoms with Crippen LogP contribution in [0.4, 0.5) is 34.1 Å². The zero-order valence-electron chi connectivity index (χ0n) is 59.2. The van der Waals surface area contributed by atoms with E-state index in [0.717, 1.165) is 90.6 Å². The van der Waals surface area contributed by atoms with Crippen LogP contribution in [0.2, 0.25) is 0 Å².